The van der Waals surface area contributed by atoms with Gasteiger partial charge in [-0.1, -0.05) is 30.7 Å². The highest BCUT2D eigenvalue weighted by molar-refractivity contribution is 6.32. The standard InChI is InChI=1S/C23H27ClN2O5/c1-3-10-31-21-19(24)13-18(14-20(21)29-2)22(27)25-15-16-4-6-17(7-5-16)23(28)26-8-11-30-12-9-26/h4-7,13-14H,3,8-12,15H2,1-2H3,(H,25,27). The molecule has 3 rings (SSSR count). The molecule has 166 valence electrons. The molecule has 2 aromatic carbocycles. The fraction of sp³-hybridized carbons (Fsp3) is 0.391. The van der Waals surface area contributed by atoms with E-state index in [0.29, 0.717) is 67.1 Å². The average Bonchev–Trinajstić information content (AvgIpc) is 2.81. The van der Waals surface area contributed by atoms with Crippen LogP contribution >= 0.6 is 11.6 Å². The maximum atomic E-state index is 12.6. The lowest BCUT2D eigenvalue weighted by atomic mass is 10.1. The average molecular weight is 447 g/mol. The van der Waals surface area contributed by atoms with E-state index in [-0.39, 0.29) is 11.8 Å². The van der Waals surface area contributed by atoms with E-state index in [2.05, 4.69) is 5.32 Å². The zero-order chi connectivity index (χ0) is 22.2. The summed E-state index contributed by atoms with van der Waals surface area (Å²) in [4.78, 5) is 26.9. The minimum Gasteiger partial charge on any atom is -0.493 e. The number of ether oxygens (including phenoxy) is 3. The minimum atomic E-state index is -0.282. The molecule has 0 unspecified atom stereocenters. The zero-order valence-corrected chi connectivity index (χ0v) is 18.5. The molecule has 1 aliphatic heterocycles. The van der Waals surface area contributed by atoms with Gasteiger partial charge in [-0.3, -0.25) is 9.59 Å². The van der Waals surface area contributed by atoms with E-state index in [1.54, 1.807) is 29.2 Å². The lowest BCUT2D eigenvalue weighted by Crippen LogP contribution is -2.40. The molecule has 0 aromatic heterocycles. The Balaban J connectivity index is 1.61. The largest absolute Gasteiger partial charge is 0.493 e. The molecule has 1 saturated heterocycles. The third-order valence-corrected chi connectivity index (χ3v) is 5.18. The van der Waals surface area contributed by atoms with Crippen LogP contribution in [0.1, 0.15) is 39.6 Å². The maximum Gasteiger partial charge on any atom is 0.254 e. The van der Waals surface area contributed by atoms with Crippen LogP contribution in [0.25, 0.3) is 0 Å². The molecule has 0 aliphatic carbocycles. The van der Waals surface area contributed by atoms with Crippen LogP contribution in [0.5, 0.6) is 11.5 Å². The Morgan fingerprint density at radius 1 is 1.13 bits per heavy atom. The number of hydrogen-bond donors (Lipinski definition) is 1. The SMILES string of the molecule is CCCOc1c(Cl)cc(C(=O)NCc2ccc(C(=O)N3CCOCC3)cc2)cc1OC. The summed E-state index contributed by atoms with van der Waals surface area (Å²) in [6.07, 6.45) is 0.832. The molecule has 1 N–H and O–H groups in total. The smallest absolute Gasteiger partial charge is 0.254 e. The van der Waals surface area contributed by atoms with E-state index in [1.165, 1.54) is 7.11 Å². The molecule has 7 nitrogen and oxygen atoms in total. The lowest BCUT2D eigenvalue weighted by molar-refractivity contribution is 0.0303. The number of amides is 2. The quantitative estimate of drug-likeness (QED) is 0.671. The Labute approximate surface area is 187 Å². The van der Waals surface area contributed by atoms with Gasteiger partial charge in [0.05, 0.1) is 32.0 Å². The fourth-order valence-corrected chi connectivity index (χ4v) is 3.46. The van der Waals surface area contributed by atoms with Gasteiger partial charge < -0.3 is 24.4 Å². The number of carbonyl (C=O) groups is 2. The first kappa shape index (κ1) is 22.9. The molecule has 1 heterocycles. The number of benzene rings is 2. The molecule has 1 fully saturated rings. The molecular weight excluding hydrogens is 420 g/mol. The van der Waals surface area contributed by atoms with Crippen molar-refractivity contribution in [3.63, 3.8) is 0 Å². The summed E-state index contributed by atoms with van der Waals surface area (Å²) in [5, 5.41) is 3.19. The fourth-order valence-electron chi connectivity index (χ4n) is 3.19. The molecule has 0 radical (unpaired) electrons. The molecule has 2 amide bonds. The Morgan fingerprint density at radius 3 is 2.48 bits per heavy atom. The number of morpholine rings is 1. The van der Waals surface area contributed by atoms with Gasteiger partial charge in [0.2, 0.25) is 0 Å². The zero-order valence-electron chi connectivity index (χ0n) is 17.8. The van der Waals surface area contributed by atoms with Crippen molar-refractivity contribution in [2.45, 2.75) is 19.9 Å². The molecular formula is C23H27ClN2O5. The Kier molecular flexibility index (Phi) is 8.14. The van der Waals surface area contributed by atoms with Crippen LogP contribution in [0.4, 0.5) is 0 Å². The van der Waals surface area contributed by atoms with Crippen LogP contribution in [0, 0.1) is 0 Å². The number of rotatable bonds is 8. The van der Waals surface area contributed by atoms with Crippen LogP contribution in [-0.4, -0.2) is 56.7 Å². The molecule has 0 bridgehead atoms. The van der Waals surface area contributed by atoms with Crippen molar-refractivity contribution in [1.82, 2.24) is 10.2 Å². The number of methoxy groups -OCH3 is 1. The van der Waals surface area contributed by atoms with Crippen LogP contribution in [-0.2, 0) is 11.3 Å². The highest BCUT2D eigenvalue weighted by Crippen LogP contribution is 2.36. The predicted molar refractivity (Wildman–Crippen MR) is 118 cm³/mol. The van der Waals surface area contributed by atoms with Crippen molar-refractivity contribution < 1.29 is 23.8 Å². The van der Waals surface area contributed by atoms with Gasteiger partial charge in [-0.05, 0) is 36.2 Å². The number of halogens is 1. The van der Waals surface area contributed by atoms with E-state index in [9.17, 15) is 9.59 Å². The van der Waals surface area contributed by atoms with Crippen LogP contribution < -0.4 is 14.8 Å². The monoisotopic (exact) mass is 446 g/mol. The molecule has 0 saturated carbocycles. The van der Waals surface area contributed by atoms with Gasteiger partial charge in [0.25, 0.3) is 11.8 Å². The summed E-state index contributed by atoms with van der Waals surface area (Å²) >= 11 is 6.29. The van der Waals surface area contributed by atoms with Gasteiger partial charge in [-0.2, -0.15) is 0 Å². The van der Waals surface area contributed by atoms with E-state index in [4.69, 9.17) is 25.8 Å². The summed E-state index contributed by atoms with van der Waals surface area (Å²) in [7, 11) is 1.51. The van der Waals surface area contributed by atoms with Gasteiger partial charge in [-0.15, -0.1) is 0 Å². The molecule has 31 heavy (non-hydrogen) atoms. The lowest BCUT2D eigenvalue weighted by Gasteiger charge is -2.26. The second-order valence-electron chi connectivity index (χ2n) is 7.12. The maximum absolute atomic E-state index is 12.6. The summed E-state index contributed by atoms with van der Waals surface area (Å²) < 4.78 is 16.2. The molecule has 2 aromatic rings. The number of nitrogens with zero attached hydrogens (tertiary/aromatic N) is 1. The summed E-state index contributed by atoms with van der Waals surface area (Å²) in [5.74, 6) is 0.557. The third kappa shape index (κ3) is 5.89. The van der Waals surface area contributed by atoms with E-state index < -0.39 is 0 Å². The molecule has 0 atom stereocenters. The Hall–Kier alpha value is -2.77. The number of nitrogens with one attached hydrogen (secondary N) is 1. The van der Waals surface area contributed by atoms with Crippen molar-refractivity contribution in [3.8, 4) is 11.5 Å². The van der Waals surface area contributed by atoms with Crippen LogP contribution in [0.2, 0.25) is 5.02 Å². The van der Waals surface area contributed by atoms with Gasteiger partial charge in [0, 0.05) is 30.8 Å². The normalized spacial score (nSPS) is 13.6. The van der Waals surface area contributed by atoms with Gasteiger partial charge in [0.15, 0.2) is 11.5 Å². The summed E-state index contributed by atoms with van der Waals surface area (Å²) in [6.45, 7) is 5.15. The highest BCUT2D eigenvalue weighted by Gasteiger charge is 2.19. The predicted octanol–water partition coefficient (Wildman–Crippen LogP) is 3.54. The van der Waals surface area contributed by atoms with Crippen LogP contribution in [0.3, 0.4) is 0 Å². The highest BCUT2D eigenvalue weighted by atomic mass is 35.5. The van der Waals surface area contributed by atoms with Crippen molar-refractivity contribution >= 4 is 23.4 Å². The second kappa shape index (κ2) is 11.0. The number of carbonyl (C=O) groups excluding carboxylic acids is 2. The first-order chi connectivity index (χ1) is 15.0. The van der Waals surface area contributed by atoms with Crippen molar-refractivity contribution in [1.29, 1.82) is 0 Å². The second-order valence-corrected chi connectivity index (χ2v) is 7.53. The van der Waals surface area contributed by atoms with E-state index in [0.717, 1.165) is 12.0 Å². The third-order valence-electron chi connectivity index (χ3n) is 4.89. The van der Waals surface area contributed by atoms with Crippen LogP contribution in [0.15, 0.2) is 36.4 Å². The molecule has 1 aliphatic rings. The van der Waals surface area contributed by atoms with E-state index >= 15 is 0 Å². The minimum absolute atomic E-state index is 0.00833. The Morgan fingerprint density at radius 2 is 1.84 bits per heavy atom. The first-order valence-corrected chi connectivity index (χ1v) is 10.7. The molecule has 8 heteroatoms. The van der Waals surface area contributed by atoms with Gasteiger partial charge in [-0.25, -0.2) is 0 Å². The van der Waals surface area contributed by atoms with Crippen molar-refractivity contribution in [2.75, 3.05) is 40.0 Å². The van der Waals surface area contributed by atoms with Crippen molar-refractivity contribution in [3.05, 3.63) is 58.1 Å². The summed E-state index contributed by atoms with van der Waals surface area (Å²) in [6, 6.07) is 10.4. The number of hydrogen-bond acceptors (Lipinski definition) is 5. The molecule has 0 spiro atoms. The topological polar surface area (TPSA) is 77.1 Å². The first-order valence-electron chi connectivity index (χ1n) is 10.3. The summed E-state index contributed by atoms with van der Waals surface area (Å²) in [5.41, 5.74) is 1.88. The van der Waals surface area contributed by atoms with E-state index in [1.807, 2.05) is 19.1 Å². The van der Waals surface area contributed by atoms with Gasteiger partial charge >= 0.3 is 0 Å². The Bertz CT molecular complexity index is 911. The van der Waals surface area contributed by atoms with Gasteiger partial charge in [0.1, 0.15) is 0 Å². The van der Waals surface area contributed by atoms with Crippen molar-refractivity contribution in [2.24, 2.45) is 0 Å².